The first kappa shape index (κ1) is 26.9. The molecule has 3 amide bonds. The van der Waals surface area contributed by atoms with Crippen LogP contribution in [0.1, 0.15) is 36.9 Å². The number of nitrogens with one attached hydrogen (secondary N) is 2. The van der Waals surface area contributed by atoms with Gasteiger partial charge in [-0.3, -0.25) is 14.4 Å². The fourth-order valence-corrected chi connectivity index (χ4v) is 6.20. The Bertz CT molecular complexity index is 1160. The Morgan fingerprint density at radius 3 is 2.43 bits per heavy atom. The molecule has 4 rings (SSSR count). The first-order valence-electron chi connectivity index (χ1n) is 12.8. The zero-order valence-corrected chi connectivity index (χ0v) is 22.1. The van der Waals surface area contributed by atoms with E-state index in [1.54, 1.807) is 19.2 Å². The van der Waals surface area contributed by atoms with Gasteiger partial charge in [0.2, 0.25) is 17.7 Å². The van der Waals surface area contributed by atoms with Crippen molar-refractivity contribution >= 4 is 35.0 Å². The van der Waals surface area contributed by atoms with E-state index in [4.69, 9.17) is 11.6 Å². The van der Waals surface area contributed by atoms with E-state index in [0.29, 0.717) is 16.3 Å². The van der Waals surface area contributed by atoms with Crippen LogP contribution in [0.4, 0.5) is 5.69 Å². The van der Waals surface area contributed by atoms with Crippen molar-refractivity contribution in [3.8, 4) is 0 Å². The van der Waals surface area contributed by atoms with Gasteiger partial charge in [0.05, 0.1) is 35.2 Å². The van der Waals surface area contributed by atoms with E-state index < -0.39 is 35.7 Å². The zero-order chi connectivity index (χ0) is 26.7. The largest absolute Gasteiger partial charge is 0.394 e. The minimum Gasteiger partial charge on any atom is -0.394 e. The highest BCUT2D eigenvalue weighted by Crippen LogP contribution is 2.48. The summed E-state index contributed by atoms with van der Waals surface area (Å²) in [6.45, 7) is 3.53. The van der Waals surface area contributed by atoms with Crippen LogP contribution in [0.5, 0.6) is 0 Å². The first-order valence-corrected chi connectivity index (χ1v) is 13.2. The van der Waals surface area contributed by atoms with Crippen molar-refractivity contribution in [1.82, 2.24) is 10.2 Å². The molecule has 196 valence electrons. The molecule has 1 aliphatic carbocycles. The molecule has 3 N–H and O–H groups in total. The van der Waals surface area contributed by atoms with Gasteiger partial charge in [0.15, 0.2) is 0 Å². The Kier molecular flexibility index (Phi) is 8.35. The van der Waals surface area contributed by atoms with Crippen molar-refractivity contribution < 1.29 is 19.5 Å². The monoisotopic (exact) mass is 523 g/mol. The van der Waals surface area contributed by atoms with Gasteiger partial charge in [-0.05, 0) is 36.5 Å². The Morgan fingerprint density at radius 2 is 1.81 bits per heavy atom. The molecular formula is C29H34ClN3O4. The van der Waals surface area contributed by atoms with Crippen LogP contribution < -0.4 is 10.6 Å². The third-order valence-corrected chi connectivity index (χ3v) is 7.97. The standard InChI is InChI=1S/C29H34ClN3O4/c1-4-9-19-14-15-20-24(23(19)27(35)31-3)29(37)33(22(16-34)18-11-6-5-7-12-18)26(20)28(36)32-25-17(2)10-8-13-21(25)30/h5-8,10-15,19-20,22-24,26,34H,4,9,16H2,1-3H3,(H,31,35)(H,32,36)/t19-,20+,22-,23-,24+,26+/m1/s1. The number of rotatable bonds is 8. The van der Waals surface area contributed by atoms with Gasteiger partial charge < -0.3 is 20.6 Å². The number of fused-ring (bicyclic) bond motifs is 1. The van der Waals surface area contributed by atoms with Gasteiger partial charge in [0.25, 0.3) is 0 Å². The fourth-order valence-electron chi connectivity index (χ4n) is 5.93. The summed E-state index contributed by atoms with van der Waals surface area (Å²) in [4.78, 5) is 42.8. The number of halogens is 1. The molecule has 0 saturated carbocycles. The number of aryl methyl sites for hydroxylation is 1. The summed E-state index contributed by atoms with van der Waals surface area (Å²) in [6.07, 6.45) is 5.52. The van der Waals surface area contributed by atoms with Crippen molar-refractivity contribution in [2.75, 3.05) is 19.0 Å². The third-order valence-electron chi connectivity index (χ3n) is 7.65. The van der Waals surface area contributed by atoms with Crippen LogP contribution in [0.15, 0.2) is 60.7 Å². The number of hydrogen-bond donors (Lipinski definition) is 3. The third kappa shape index (κ3) is 5.03. The van der Waals surface area contributed by atoms with Crippen molar-refractivity contribution in [1.29, 1.82) is 0 Å². The molecule has 1 heterocycles. The van der Waals surface area contributed by atoms with Crippen molar-refractivity contribution in [2.45, 2.75) is 38.8 Å². The van der Waals surface area contributed by atoms with Crippen LogP contribution in [-0.4, -0.2) is 47.4 Å². The van der Waals surface area contributed by atoms with E-state index in [9.17, 15) is 19.5 Å². The number of allylic oxidation sites excluding steroid dienone is 1. The minimum absolute atomic E-state index is 0.117. The SMILES string of the molecule is CCC[C@@H]1C=C[C@H]2[C@H](C(=O)N([C@H](CO)c3ccccc3)[C@@H]2C(=O)Nc2c(C)cccc2Cl)[C@@H]1C(=O)NC. The quantitative estimate of drug-likeness (QED) is 0.453. The summed E-state index contributed by atoms with van der Waals surface area (Å²) in [6, 6.07) is 12.8. The van der Waals surface area contributed by atoms with Gasteiger partial charge in [-0.2, -0.15) is 0 Å². The highest BCUT2D eigenvalue weighted by Gasteiger charge is 2.58. The maximum absolute atomic E-state index is 14.2. The number of amides is 3. The highest BCUT2D eigenvalue weighted by molar-refractivity contribution is 6.34. The van der Waals surface area contributed by atoms with Crippen LogP contribution in [0.25, 0.3) is 0 Å². The summed E-state index contributed by atoms with van der Waals surface area (Å²) >= 11 is 6.40. The molecule has 1 saturated heterocycles. The second kappa shape index (κ2) is 11.5. The molecule has 2 aromatic rings. The number of anilines is 1. The smallest absolute Gasteiger partial charge is 0.247 e. The number of hydrogen-bond acceptors (Lipinski definition) is 4. The highest BCUT2D eigenvalue weighted by atomic mass is 35.5. The number of carbonyl (C=O) groups excluding carboxylic acids is 3. The molecule has 2 aromatic carbocycles. The van der Waals surface area contributed by atoms with E-state index in [0.717, 1.165) is 18.4 Å². The topological polar surface area (TPSA) is 98.7 Å². The number of nitrogens with zero attached hydrogens (tertiary/aromatic N) is 1. The Labute approximate surface area is 222 Å². The zero-order valence-electron chi connectivity index (χ0n) is 21.4. The van der Waals surface area contributed by atoms with E-state index in [1.165, 1.54) is 4.90 Å². The lowest BCUT2D eigenvalue weighted by Crippen LogP contribution is -2.47. The Balaban J connectivity index is 1.82. The number of aliphatic hydroxyl groups excluding tert-OH is 1. The average molecular weight is 524 g/mol. The molecule has 2 aliphatic rings. The van der Waals surface area contributed by atoms with Crippen LogP contribution >= 0.6 is 11.6 Å². The van der Waals surface area contributed by atoms with Crippen LogP contribution in [0, 0.1) is 30.6 Å². The maximum Gasteiger partial charge on any atom is 0.247 e. The van der Waals surface area contributed by atoms with Crippen LogP contribution in [0.2, 0.25) is 5.02 Å². The van der Waals surface area contributed by atoms with E-state index in [-0.39, 0.29) is 24.3 Å². The Morgan fingerprint density at radius 1 is 1.08 bits per heavy atom. The van der Waals surface area contributed by atoms with E-state index in [2.05, 4.69) is 10.6 Å². The minimum atomic E-state index is -0.934. The second-order valence-electron chi connectivity index (χ2n) is 9.80. The molecule has 37 heavy (non-hydrogen) atoms. The predicted octanol–water partition coefficient (Wildman–Crippen LogP) is 4.11. The fraction of sp³-hybridized carbons (Fsp3) is 0.414. The van der Waals surface area contributed by atoms with E-state index >= 15 is 0 Å². The first-order chi connectivity index (χ1) is 17.8. The van der Waals surface area contributed by atoms with Gasteiger partial charge in [0.1, 0.15) is 6.04 Å². The molecule has 8 heteroatoms. The van der Waals surface area contributed by atoms with Crippen molar-refractivity contribution in [3.05, 3.63) is 76.8 Å². The van der Waals surface area contributed by atoms with Gasteiger partial charge in [-0.25, -0.2) is 0 Å². The van der Waals surface area contributed by atoms with Gasteiger partial charge >= 0.3 is 0 Å². The summed E-state index contributed by atoms with van der Waals surface area (Å²) < 4.78 is 0. The lowest BCUT2D eigenvalue weighted by atomic mass is 9.68. The number of aliphatic hydroxyl groups is 1. The van der Waals surface area contributed by atoms with Crippen molar-refractivity contribution in [2.24, 2.45) is 23.7 Å². The molecule has 0 bridgehead atoms. The van der Waals surface area contributed by atoms with Crippen molar-refractivity contribution in [3.63, 3.8) is 0 Å². The predicted molar refractivity (Wildman–Crippen MR) is 144 cm³/mol. The molecule has 1 aliphatic heterocycles. The molecule has 0 aromatic heterocycles. The molecule has 0 unspecified atom stereocenters. The molecule has 0 spiro atoms. The van der Waals surface area contributed by atoms with Gasteiger partial charge in [-0.15, -0.1) is 0 Å². The molecule has 7 nitrogen and oxygen atoms in total. The van der Waals surface area contributed by atoms with E-state index in [1.807, 2.05) is 62.4 Å². The van der Waals surface area contributed by atoms with Crippen LogP contribution in [-0.2, 0) is 14.4 Å². The molecule has 6 atom stereocenters. The lowest BCUT2D eigenvalue weighted by molar-refractivity contribution is -0.143. The second-order valence-corrected chi connectivity index (χ2v) is 10.2. The summed E-state index contributed by atoms with van der Waals surface area (Å²) in [7, 11) is 1.57. The molecule has 0 radical (unpaired) electrons. The Hall–Kier alpha value is -3.16. The summed E-state index contributed by atoms with van der Waals surface area (Å²) in [5.74, 6) is -2.90. The van der Waals surface area contributed by atoms with Crippen LogP contribution in [0.3, 0.4) is 0 Å². The van der Waals surface area contributed by atoms with Gasteiger partial charge in [-0.1, -0.05) is 79.6 Å². The molecule has 1 fully saturated rings. The summed E-state index contributed by atoms with van der Waals surface area (Å²) in [5.41, 5.74) is 1.99. The normalized spacial score (nSPS) is 25.5. The number of carbonyl (C=O) groups is 3. The summed E-state index contributed by atoms with van der Waals surface area (Å²) in [5, 5.41) is 16.6. The number of para-hydroxylation sites is 1. The van der Waals surface area contributed by atoms with Gasteiger partial charge in [0, 0.05) is 13.0 Å². The lowest BCUT2D eigenvalue weighted by Gasteiger charge is -2.34. The molecular weight excluding hydrogens is 490 g/mol. The average Bonchev–Trinajstić information content (AvgIpc) is 3.19. The number of benzene rings is 2. The number of likely N-dealkylation sites (tertiary alicyclic amines) is 1. The maximum atomic E-state index is 14.2.